The van der Waals surface area contributed by atoms with Gasteiger partial charge in [0.1, 0.15) is 0 Å². The summed E-state index contributed by atoms with van der Waals surface area (Å²) in [6.45, 7) is 2.57. The van der Waals surface area contributed by atoms with E-state index in [0.717, 1.165) is 12.0 Å². The van der Waals surface area contributed by atoms with Crippen molar-refractivity contribution in [2.24, 2.45) is 0 Å². The third-order valence-electron chi connectivity index (χ3n) is 2.73. The Bertz CT molecular complexity index is 444. The van der Waals surface area contributed by atoms with Gasteiger partial charge in [0.05, 0.1) is 6.61 Å². The molecule has 5 heteroatoms. The molecule has 1 saturated heterocycles. The van der Waals surface area contributed by atoms with Crippen LogP contribution in [0, 0.1) is 0 Å². The van der Waals surface area contributed by atoms with Crippen LogP contribution in [0.15, 0.2) is 30.3 Å². The van der Waals surface area contributed by atoms with Gasteiger partial charge in [0.15, 0.2) is 0 Å². The number of hydrogen-bond acceptors (Lipinski definition) is 3. The van der Waals surface area contributed by atoms with Crippen molar-refractivity contribution in [3.8, 4) is 0 Å². The summed E-state index contributed by atoms with van der Waals surface area (Å²) in [6.07, 6.45) is 0.742. The van der Waals surface area contributed by atoms with E-state index in [4.69, 9.17) is 4.18 Å². The fourth-order valence-corrected chi connectivity index (χ4v) is 3.05. The summed E-state index contributed by atoms with van der Waals surface area (Å²) in [5, 5.41) is 0. The highest BCUT2D eigenvalue weighted by Crippen LogP contribution is 2.21. The molecule has 16 heavy (non-hydrogen) atoms. The van der Waals surface area contributed by atoms with Crippen LogP contribution in [0.2, 0.25) is 0 Å². The van der Waals surface area contributed by atoms with Crippen LogP contribution in [0.5, 0.6) is 0 Å². The highest BCUT2D eigenvalue weighted by atomic mass is 32.2. The normalized spacial score (nSPS) is 25.4. The van der Waals surface area contributed by atoms with Crippen LogP contribution in [0.1, 0.15) is 18.9 Å². The molecule has 0 bridgehead atoms. The van der Waals surface area contributed by atoms with Crippen LogP contribution in [0.3, 0.4) is 0 Å². The number of rotatable bonds is 2. The third-order valence-corrected chi connectivity index (χ3v) is 4.26. The van der Waals surface area contributed by atoms with E-state index in [9.17, 15) is 8.42 Å². The maximum Gasteiger partial charge on any atom is 0.338 e. The minimum absolute atomic E-state index is 0.000967. The Balaban J connectivity index is 2.19. The molecule has 1 aliphatic rings. The maximum atomic E-state index is 11.7. The lowest BCUT2D eigenvalue weighted by atomic mass is 10.2. The van der Waals surface area contributed by atoms with Gasteiger partial charge >= 0.3 is 10.3 Å². The predicted octanol–water partition coefficient (Wildman–Crippen LogP) is 1.54. The smallest absolute Gasteiger partial charge is 0.258 e. The second-order valence-corrected chi connectivity index (χ2v) is 5.51. The van der Waals surface area contributed by atoms with E-state index in [0.29, 0.717) is 6.54 Å². The van der Waals surface area contributed by atoms with E-state index >= 15 is 0 Å². The zero-order valence-corrected chi connectivity index (χ0v) is 9.98. The van der Waals surface area contributed by atoms with Gasteiger partial charge in [0.2, 0.25) is 0 Å². The predicted molar refractivity (Wildman–Crippen MR) is 60.9 cm³/mol. The Kier molecular flexibility index (Phi) is 3.28. The van der Waals surface area contributed by atoms with E-state index in [1.54, 1.807) is 0 Å². The number of benzene rings is 1. The standard InChI is InChI=1S/C11H15NO3S/c1-10-7-8-15-16(13,14)12(10)9-11-5-3-2-4-6-11/h2-6,10H,7-9H2,1H3. The Hall–Kier alpha value is -0.910. The van der Waals surface area contributed by atoms with Gasteiger partial charge in [0.25, 0.3) is 0 Å². The van der Waals surface area contributed by atoms with Crippen molar-refractivity contribution >= 4 is 10.3 Å². The molecule has 0 N–H and O–H groups in total. The first-order valence-electron chi connectivity index (χ1n) is 5.30. The third kappa shape index (κ3) is 2.42. The molecule has 1 aliphatic heterocycles. The fourth-order valence-electron chi connectivity index (χ4n) is 1.75. The van der Waals surface area contributed by atoms with Crippen LogP contribution in [-0.2, 0) is 21.0 Å². The van der Waals surface area contributed by atoms with E-state index in [-0.39, 0.29) is 12.6 Å². The molecule has 4 nitrogen and oxygen atoms in total. The topological polar surface area (TPSA) is 46.6 Å². The Morgan fingerprint density at radius 3 is 2.69 bits per heavy atom. The fraction of sp³-hybridized carbons (Fsp3) is 0.455. The van der Waals surface area contributed by atoms with Crippen LogP contribution in [0.4, 0.5) is 0 Å². The zero-order valence-electron chi connectivity index (χ0n) is 9.17. The van der Waals surface area contributed by atoms with Crippen LogP contribution in [-0.4, -0.2) is 25.4 Å². The molecule has 0 radical (unpaired) electrons. The van der Waals surface area contributed by atoms with Gasteiger partial charge in [-0.05, 0) is 18.9 Å². The zero-order chi connectivity index (χ0) is 11.6. The van der Waals surface area contributed by atoms with E-state index in [1.165, 1.54) is 4.31 Å². The van der Waals surface area contributed by atoms with Gasteiger partial charge in [-0.1, -0.05) is 30.3 Å². The first-order chi connectivity index (χ1) is 7.59. The molecular weight excluding hydrogens is 226 g/mol. The lowest BCUT2D eigenvalue weighted by Gasteiger charge is -2.31. The lowest BCUT2D eigenvalue weighted by molar-refractivity contribution is 0.170. The molecule has 0 aromatic heterocycles. The monoisotopic (exact) mass is 241 g/mol. The van der Waals surface area contributed by atoms with Crippen LogP contribution >= 0.6 is 0 Å². The summed E-state index contributed by atoms with van der Waals surface area (Å²) in [5.41, 5.74) is 0.975. The summed E-state index contributed by atoms with van der Waals surface area (Å²) in [6, 6.07) is 9.54. The minimum Gasteiger partial charge on any atom is -0.258 e. The molecule has 0 amide bonds. The Labute approximate surface area is 96.1 Å². The quantitative estimate of drug-likeness (QED) is 0.789. The molecule has 88 valence electrons. The lowest BCUT2D eigenvalue weighted by Crippen LogP contribution is -2.43. The van der Waals surface area contributed by atoms with Crippen LogP contribution < -0.4 is 0 Å². The highest BCUT2D eigenvalue weighted by molar-refractivity contribution is 7.84. The Morgan fingerprint density at radius 2 is 2.06 bits per heavy atom. The second kappa shape index (κ2) is 4.53. The van der Waals surface area contributed by atoms with Crippen molar-refractivity contribution in [1.82, 2.24) is 4.31 Å². The first-order valence-corrected chi connectivity index (χ1v) is 6.66. The molecule has 1 aromatic rings. The Morgan fingerprint density at radius 1 is 1.38 bits per heavy atom. The van der Waals surface area contributed by atoms with Crippen LogP contribution in [0.25, 0.3) is 0 Å². The average Bonchev–Trinajstić information content (AvgIpc) is 2.25. The van der Waals surface area contributed by atoms with E-state index in [2.05, 4.69) is 0 Å². The molecule has 0 aliphatic carbocycles. The van der Waals surface area contributed by atoms with E-state index < -0.39 is 10.3 Å². The van der Waals surface area contributed by atoms with E-state index in [1.807, 2.05) is 37.3 Å². The van der Waals surface area contributed by atoms with Gasteiger partial charge < -0.3 is 0 Å². The SMILES string of the molecule is CC1CCOS(=O)(=O)N1Cc1ccccc1. The van der Waals surface area contributed by atoms with Crippen molar-refractivity contribution in [3.05, 3.63) is 35.9 Å². The van der Waals surface area contributed by atoms with Crippen molar-refractivity contribution in [3.63, 3.8) is 0 Å². The summed E-state index contributed by atoms with van der Waals surface area (Å²) in [7, 11) is -3.54. The highest BCUT2D eigenvalue weighted by Gasteiger charge is 2.32. The second-order valence-electron chi connectivity index (χ2n) is 3.95. The van der Waals surface area contributed by atoms with Gasteiger partial charge in [0, 0.05) is 12.6 Å². The first kappa shape index (κ1) is 11.6. The molecule has 0 saturated carbocycles. The van der Waals surface area contributed by atoms with Gasteiger partial charge in [-0.3, -0.25) is 4.18 Å². The average molecular weight is 241 g/mol. The van der Waals surface area contributed by atoms with Crippen molar-refractivity contribution in [2.45, 2.75) is 25.9 Å². The van der Waals surface area contributed by atoms with Gasteiger partial charge in [-0.25, -0.2) is 0 Å². The number of nitrogens with zero attached hydrogens (tertiary/aromatic N) is 1. The van der Waals surface area contributed by atoms with Crippen molar-refractivity contribution < 1.29 is 12.6 Å². The van der Waals surface area contributed by atoms with Crippen molar-refractivity contribution in [1.29, 1.82) is 0 Å². The van der Waals surface area contributed by atoms with Gasteiger partial charge in [-0.15, -0.1) is 0 Å². The molecule has 1 heterocycles. The molecule has 1 atom stereocenters. The molecule has 0 spiro atoms. The summed E-state index contributed by atoms with van der Waals surface area (Å²) >= 11 is 0. The largest absolute Gasteiger partial charge is 0.338 e. The van der Waals surface area contributed by atoms with Crippen molar-refractivity contribution in [2.75, 3.05) is 6.61 Å². The molecule has 2 rings (SSSR count). The summed E-state index contributed by atoms with van der Waals surface area (Å²) in [4.78, 5) is 0. The summed E-state index contributed by atoms with van der Waals surface area (Å²) < 4.78 is 29.6. The molecule has 1 unspecified atom stereocenters. The maximum absolute atomic E-state index is 11.7. The molecule has 1 fully saturated rings. The van der Waals surface area contributed by atoms with Gasteiger partial charge in [-0.2, -0.15) is 12.7 Å². The number of hydrogen-bond donors (Lipinski definition) is 0. The molecule has 1 aromatic carbocycles. The molecular formula is C11H15NO3S. The summed E-state index contributed by atoms with van der Waals surface area (Å²) in [5.74, 6) is 0. The minimum atomic E-state index is -3.54.